The molecule has 0 fully saturated rings. The Kier molecular flexibility index (Phi) is 24.8. The van der Waals surface area contributed by atoms with Crippen LogP contribution in [0, 0.1) is 0 Å². The molecular weight excluding hydrogens is 953 g/mol. The van der Waals surface area contributed by atoms with E-state index in [0.717, 1.165) is 32.1 Å². The van der Waals surface area contributed by atoms with E-state index in [-0.39, 0.29) is 10.8 Å². The fraction of sp³-hybridized carbons (Fsp3) is 0.705. The van der Waals surface area contributed by atoms with Crippen LogP contribution in [0.4, 0.5) is 11.4 Å². The largest absolute Gasteiger partial charge is 0.420 e. The quantitative estimate of drug-likeness (QED) is 0.0456. The van der Waals surface area contributed by atoms with Crippen molar-refractivity contribution < 1.29 is 4.43 Å². The molecule has 3 atom stereocenters. The number of anilines is 2. The standard InChI is InChI=1S/C61H110N2OS2Si4/c1-21-26-28-43-60(52-37-41-57(42-38-52)63(24-4)25-5,50-67(14,15)47-31-45-65-68(16,17)58(6,7)8)54-33-30-34-55(49-54)61(44-29-27-22-2,53-35-39-56(40-36-53)62(12)23-3)51-70(20,64-13)48-32-46-66-69(18,19)59(9,10)11/h30,33-42,49H,21-29,31-32,43-48,50-51H2,1-20H3. The molecule has 70 heavy (non-hydrogen) atoms. The van der Waals surface area contributed by atoms with Crippen molar-refractivity contribution in [2.24, 2.45) is 0 Å². The Hall–Kier alpha value is -1.21. The van der Waals surface area contributed by atoms with Crippen molar-refractivity contribution in [1.29, 1.82) is 0 Å². The average molecular weight is 1060 g/mol. The van der Waals surface area contributed by atoms with Gasteiger partial charge in [-0.1, -0.05) is 188 Å². The van der Waals surface area contributed by atoms with E-state index in [9.17, 15) is 0 Å². The van der Waals surface area contributed by atoms with E-state index in [2.05, 4.69) is 241 Å². The van der Waals surface area contributed by atoms with Gasteiger partial charge >= 0.3 is 0 Å². The summed E-state index contributed by atoms with van der Waals surface area (Å²) in [5.74, 6) is 2.54. The Balaban J connectivity index is 2.39. The van der Waals surface area contributed by atoms with E-state index in [1.54, 1.807) is 5.56 Å². The summed E-state index contributed by atoms with van der Waals surface area (Å²) >= 11 is 4.64. The summed E-state index contributed by atoms with van der Waals surface area (Å²) in [6, 6.07) is 35.3. The number of hydrogen-bond donors (Lipinski definition) is 0. The molecule has 0 aromatic heterocycles. The van der Waals surface area contributed by atoms with Crippen molar-refractivity contribution >= 4 is 64.6 Å². The highest BCUT2D eigenvalue weighted by Gasteiger charge is 2.46. The third kappa shape index (κ3) is 17.2. The molecule has 0 amide bonds. The number of unbranched alkanes of at least 4 members (excludes halogenated alkanes) is 4. The minimum Gasteiger partial charge on any atom is -0.420 e. The maximum atomic E-state index is 6.99. The van der Waals surface area contributed by atoms with Crippen molar-refractivity contribution in [2.45, 2.75) is 231 Å². The second kappa shape index (κ2) is 27.5. The van der Waals surface area contributed by atoms with Crippen molar-refractivity contribution in [3.05, 3.63) is 95.1 Å². The molecule has 3 rings (SSSR count). The monoisotopic (exact) mass is 1060 g/mol. The fourth-order valence-electron chi connectivity index (χ4n) is 10.7. The normalized spacial score (nSPS) is 15.6. The van der Waals surface area contributed by atoms with Crippen molar-refractivity contribution in [2.75, 3.05) is 55.1 Å². The van der Waals surface area contributed by atoms with E-state index in [4.69, 9.17) is 4.43 Å². The Labute approximate surface area is 447 Å². The minimum atomic E-state index is -2.23. The summed E-state index contributed by atoms with van der Waals surface area (Å²) in [4.78, 5) is 4.89. The molecule has 3 unspecified atom stereocenters. The van der Waals surface area contributed by atoms with Crippen LogP contribution in [-0.4, -0.2) is 76.1 Å². The highest BCUT2D eigenvalue weighted by atomic mass is 32.4. The summed E-state index contributed by atoms with van der Waals surface area (Å²) in [6.45, 7) is 47.9. The molecule has 3 aromatic rings. The van der Waals surface area contributed by atoms with Gasteiger partial charge in [-0.05, 0) is 139 Å². The summed E-state index contributed by atoms with van der Waals surface area (Å²) < 4.78 is 6.99. The van der Waals surface area contributed by atoms with Crippen LogP contribution in [0.1, 0.15) is 163 Å². The predicted octanol–water partition coefficient (Wildman–Crippen LogP) is 19.9. The maximum absolute atomic E-state index is 6.99. The van der Waals surface area contributed by atoms with Gasteiger partial charge in [0, 0.05) is 64.1 Å². The van der Waals surface area contributed by atoms with Gasteiger partial charge in [-0.25, -0.2) is 0 Å². The molecule has 3 aromatic carbocycles. The topological polar surface area (TPSA) is 15.7 Å². The van der Waals surface area contributed by atoms with E-state index in [0.29, 0.717) is 10.1 Å². The van der Waals surface area contributed by atoms with Gasteiger partial charge in [0.25, 0.3) is 0 Å². The molecule has 398 valence electrons. The van der Waals surface area contributed by atoms with Crippen molar-refractivity contribution in [1.82, 2.24) is 0 Å². The lowest BCUT2D eigenvalue weighted by molar-refractivity contribution is 0.371. The first-order valence-electron chi connectivity index (χ1n) is 28.3. The van der Waals surface area contributed by atoms with Crippen LogP contribution in [0.5, 0.6) is 0 Å². The van der Waals surface area contributed by atoms with E-state index < -0.39 is 30.8 Å². The van der Waals surface area contributed by atoms with Crippen LogP contribution < -0.4 is 9.80 Å². The Morgan fingerprint density at radius 1 is 0.500 bits per heavy atom. The first-order chi connectivity index (χ1) is 32.7. The van der Waals surface area contributed by atoms with Crippen LogP contribution in [0.3, 0.4) is 0 Å². The molecule has 9 heteroatoms. The van der Waals surface area contributed by atoms with E-state index in [1.165, 1.54) is 115 Å². The molecule has 0 spiro atoms. The zero-order chi connectivity index (χ0) is 52.7. The molecule has 3 nitrogen and oxygen atoms in total. The zero-order valence-corrected chi connectivity index (χ0v) is 55.1. The van der Waals surface area contributed by atoms with Crippen LogP contribution in [0.2, 0.25) is 80.1 Å². The van der Waals surface area contributed by atoms with Crippen LogP contribution >= 0.6 is 22.4 Å². The van der Waals surface area contributed by atoms with Gasteiger partial charge in [-0.2, -0.15) is 22.4 Å². The van der Waals surface area contributed by atoms with Gasteiger partial charge in [0.1, 0.15) is 14.4 Å². The number of rotatable bonds is 32. The van der Waals surface area contributed by atoms with Crippen LogP contribution in [0.15, 0.2) is 72.8 Å². The molecule has 0 heterocycles. The lowest BCUT2D eigenvalue weighted by Gasteiger charge is -2.44. The first kappa shape index (κ1) is 63.1. The maximum Gasteiger partial charge on any atom is 0.190 e. The van der Waals surface area contributed by atoms with E-state index >= 15 is 0 Å². The molecular formula is C61H110N2OS2Si4. The highest BCUT2D eigenvalue weighted by Crippen LogP contribution is 2.51. The smallest absolute Gasteiger partial charge is 0.190 e. The lowest BCUT2D eigenvalue weighted by atomic mass is 9.68. The van der Waals surface area contributed by atoms with Gasteiger partial charge in [-0.3, -0.25) is 0 Å². The molecule has 0 saturated carbocycles. The second-order valence-corrected chi connectivity index (χ2v) is 53.2. The third-order valence-electron chi connectivity index (χ3n) is 17.6. The summed E-state index contributed by atoms with van der Waals surface area (Å²) in [5, 5.41) is 0.797. The zero-order valence-electron chi connectivity index (χ0n) is 49.5. The highest BCUT2D eigenvalue weighted by molar-refractivity contribution is 8.29. The number of benzene rings is 3. The fourth-order valence-corrected chi connectivity index (χ4v) is 27.0. The number of hydrogen-bond acceptors (Lipinski definition) is 5. The first-order valence-corrected chi connectivity index (χ1v) is 43.9. The third-order valence-corrected chi connectivity index (χ3v) is 43.5. The molecule has 0 aliphatic carbocycles. The predicted molar refractivity (Wildman–Crippen MR) is 336 cm³/mol. The van der Waals surface area contributed by atoms with Gasteiger partial charge in [-0.15, -0.1) is 0 Å². The molecule has 0 radical (unpaired) electrons. The van der Waals surface area contributed by atoms with Crippen LogP contribution in [-0.2, 0) is 15.3 Å². The molecule has 0 aliphatic heterocycles. The summed E-state index contributed by atoms with van der Waals surface area (Å²) in [6.07, 6.45) is 12.4. The van der Waals surface area contributed by atoms with Crippen molar-refractivity contribution in [3.63, 3.8) is 0 Å². The summed E-state index contributed by atoms with van der Waals surface area (Å²) in [5.41, 5.74) is 8.52. The Morgan fingerprint density at radius 3 is 1.33 bits per heavy atom. The van der Waals surface area contributed by atoms with Gasteiger partial charge < -0.3 is 14.2 Å². The Bertz CT molecular complexity index is 1960. The molecule has 0 aliphatic rings. The molecule has 0 N–H and O–H groups in total. The lowest BCUT2D eigenvalue weighted by Crippen LogP contribution is -2.44. The average Bonchev–Trinajstić information content (AvgIpc) is 3.31. The summed E-state index contributed by atoms with van der Waals surface area (Å²) in [7, 11) is -2.51. The number of nitrogens with zero attached hydrogens (tertiary/aromatic N) is 2. The van der Waals surface area contributed by atoms with Gasteiger partial charge in [0.2, 0.25) is 0 Å². The van der Waals surface area contributed by atoms with Crippen molar-refractivity contribution in [3.8, 4) is 0 Å². The second-order valence-electron chi connectivity index (χ2n) is 25.5. The van der Waals surface area contributed by atoms with Crippen LogP contribution in [0.25, 0.3) is 0 Å². The Morgan fingerprint density at radius 2 is 0.929 bits per heavy atom. The molecule has 0 saturated heterocycles. The van der Waals surface area contributed by atoms with Gasteiger partial charge in [0.15, 0.2) is 8.32 Å². The van der Waals surface area contributed by atoms with Gasteiger partial charge in [0.05, 0.1) is 0 Å². The van der Waals surface area contributed by atoms with E-state index in [1.807, 2.05) is 0 Å². The minimum absolute atomic E-state index is 0.0684. The SMILES string of the molecule is CCCCCC(C[Si](C)(C)CCCS[Si](C)(C)C(C)(C)C)(c1ccc(N(CC)CC)cc1)c1cccc(C(CCCCC)(C[Si](C)(CCCS[Si](C)(C)C(C)(C)C)OC)c2ccc(N(C)CC)cc2)c1. The molecule has 0 bridgehead atoms.